The predicted molar refractivity (Wildman–Crippen MR) is 199 cm³/mol. The Morgan fingerprint density at radius 1 is 0.882 bits per heavy atom. The van der Waals surface area contributed by atoms with Crippen LogP contribution in [0.5, 0.6) is 0 Å². The van der Waals surface area contributed by atoms with Crippen molar-refractivity contribution in [2.75, 3.05) is 25.4 Å². The molecule has 0 radical (unpaired) electrons. The number of aromatic nitrogens is 1. The van der Waals surface area contributed by atoms with Crippen molar-refractivity contribution < 1.29 is 42.7 Å². The summed E-state index contributed by atoms with van der Waals surface area (Å²) < 4.78 is 15.2. The molecule has 0 aliphatic carbocycles. The van der Waals surface area contributed by atoms with Gasteiger partial charge in [-0.25, -0.2) is 9.59 Å². The van der Waals surface area contributed by atoms with Gasteiger partial charge in [0, 0.05) is 49.5 Å². The molecule has 280 valence electrons. The zero-order valence-electron chi connectivity index (χ0n) is 29.9. The summed E-state index contributed by atoms with van der Waals surface area (Å²) in [7, 11) is 0. The van der Waals surface area contributed by atoms with Crippen molar-refractivity contribution in [3.8, 4) is 0 Å². The Morgan fingerprint density at radius 3 is 2.10 bits per heavy atom. The first-order valence-electron chi connectivity index (χ1n) is 17.1. The van der Waals surface area contributed by atoms with E-state index in [9.17, 15) is 24.0 Å². The van der Waals surface area contributed by atoms with Gasteiger partial charge in [-0.2, -0.15) is 0 Å². The van der Waals surface area contributed by atoms with Crippen LogP contribution in [0.1, 0.15) is 88.9 Å². The van der Waals surface area contributed by atoms with Gasteiger partial charge in [0.25, 0.3) is 5.91 Å². The lowest BCUT2D eigenvalue weighted by atomic mass is 9.86. The van der Waals surface area contributed by atoms with Crippen LogP contribution in [-0.2, 0) is 28.0 Å². The monoisotopic (exact) mass is 727 g/mol. The van der Waals surface area contributed by atoms with Gasteiger partial charge in [0.2, 0.25) is 5.91 Å². The fourth-order valence-corrected chi connectivity index (χ4v) is 4.63. The average Bonchev–Trinajstić information content (AvgIpc) is 3.11. The maximum atomic E-state index is 13.0. The molecule has 3 N–H and O–H groups in total. The minimum atomic E-state index is -1.54. The molecule has 0 bridgehead atoms. The molecule has 0 aromatic carbocycles. The lowest BCUT2D eigenvalue weighted by Gasteiger charge is -2.31. The molecular weight excluding hydrogens is 674 g/mol. The number of nitrogens with zero attached hydrogens (tertiary/aromatic N) is 1. The molecule has 13 heteroatoms. The number of hydrogen-bond donors (Lipinski definition) is 3. The van der Waals surface area contributed by atoms with Gasteiger partial charge < -0.3 is 29.4 Å². The van der Waals surface area contributed by atoms with Crippen LogP contribution in [0.15, 0.2) is 85.3 Å². The maximum Gasteiger partial charge on any atom is 0.505 e. The first-order chi connectivity index (χ1) is 24.6. The van der Waals surface area contributed by atoms with Crippen LogP contribution in [-0.4, -0.2) is 71.6 Å². The van der Waals surface area contributed by atoms with Crippen molar-refractivity contribution in [1.29, 1.82) is 0 Å². The average molecular weight is 728 g/mol. The molecule has 0 unspecified atom stereocenters. The van der Waals surface area contributed by atoms with Crippen molar-refractivity contribution >= 4 is 42.0 Å². The Bertz CT molecular complexity index is 1340. The van der Waals surface area contributed by atoms with Crippen molar-refractivity contribution in [2.24, 2.45) is 5.41 Å². The Hall–Kier alpha value is -4.65. The third-order valence-electron chi connectivity index (χ3n) is 6.86. The van der Waals surface area contributed by atoms with Gasteiger partial charge in [0.1, 0.15) is 6.61 Å². The van der Waals surface area contributed by atoms with Crippen molar-refractivity contribution in [1.82, 2.24) is 15.6 Å². The molecule has 0 spiro atoms. The zero-order valence-corrected chi connectivity index (χ0v) is 30.7. The number of pyridine rings is 1. The van der Waals surface area contributed by atoms with Crippen molar-refractivity contribution in [3.63, 3.8) is 0 Å². The highest BCUT2D eigenvalue weighted by Crippen LogP contribution is 2.25. The summed E-state index contributed by atoms with van der Waals surface area (Å²) in [6.45, 7) is 4.91. The molecule has 0 fully saturated rings. The topological polar surface area (TPSA) is 170 Å². The summed E-state index contributed by atoms with van der Waals surface area (Å²) in [6.07, 6.45) is 27.6. The third-order valence-corrected chi connectivity index (χ3v) is 7.53. The third kappa shape index (κ3) is 23.4. The van der Waals surface area contributed by atoms with E-state index in [-0.39, 0.29) is 37.0 Å². The number of unbranched alkanes of at least 4 members (excludes halogenated alkanes) is 1. The summed E-state index contributed by atoms with van der Waals surface area (Å²) in [5, 5.41) is 14.1. The summed E-state index contributed by atoms with van der Waals surface area (Å²) >= 11 is 0.959. The Morgan fingerprint density at radius 2 is 1.51 bits per heavy atom. The lowest BCUT2D eigenvalue weighted by molar-refractivity contribution is -0.138. The van der Waals surface area contributed by atoms with E-state index < -0.39 is 36.2 Å². The van der Waals surface area contributed by atoms with Gasteiger partial charge >= 0.3 is 18.1 Å². The zero-order chi connectivity index (χ0) is 37.6. The number of carbonyl (C=O) groups is 5. The SMILES string of the molecule is CC/C=C\C/C=C\C/C=C\C/C=C\C/C=C\CCCC(=O)OSCCNC(=O)CCNC(=O)[C@H](OC(=O)c1cccnc1)C(C)(C)COC(=O)O. The van der Waals surface area contributed by atoms with Crippen LogP contribution in [0.3, 0.4) is 0 Å². The van der Waals surface area contributed by atoms with E-state index in [1.54, 1.807) is 0 Å². The van der Waals surface area contributed by atoms with Crippen LogP contribution >= 0.6 is 12.0 Å². The van der Waals surface area contributed by atoms with Crippen molar-refractivity contribution in [2.45, 2.75) is 84.7 Å². The van der Waals surface area contributed by atoms with Crippen LogP contribution in [0.25, 0.3) is 0 Å². The molecule has 0 aliphatic rings. The van der Waals surface area contributed by atoms with E-state index in [1.807, 2.05) is 0 Å². The van der Waals surface area contributed by atoms with E-state index in [0.29, 0.717) is 18.6 Å². The molecule has 1 aromatic heterocycles. The molecule has 1 aromatic rings. The van der Waals surface area contributed by atoms with Crippen molar-refractivity contribution in [3.05, 3.63) is 90.9 Å². The second-order valence-electron chi connectivity index (χ2n) is 11.8. The molecule has 0 saturated carbocycles. The van der Waals surface area contributed by atoms with Gasteiger partial charge in [-0.1, -0.05) is 81.5 Å². The minimum Gasteiger partial charge on any atom is -0.450 e. The second kappa shape index (κ2) is 28.1. The number of nitrogens with one attached hydrogen (secondary N) is 2. The minimum absolute atomic E-state index is 0.0680. The number of hydrogen-bond acceptors (Lipinski definition) is 10. The first-order valence-corrected chi connectivity index (χ1v) is 18.1. The van der Waals surface area contributed by atoms with Gasteiger partial charge in [-0.05, 0) is 57.1 Å². The maximum absolute atomic E-state index is 13.0. The van der Waals surface area contributed by atoms with E-state index in [0.717, 1.165) is 50.6 Å². The summed E-state index contributed by atoms with van der Waals surface area (Å²) in [4.78, 5) is 64.6. The molecule has 51 heavy (non-hydrogen) atoms. The standard InChI is InChI=1S/C38H53N3O9S/c1-4-5-6-7-8-9-10-11-12-13-14-15-16-17-18-19-20-23-33(43)50-51-28-27-40-32(42)24-26-41-35(44)34(38(2,3)30-48-37(46)47)49-36(45)31-22-21-25-39-29-31/h5-6,8-9,11-12,14-15,17-18,21-22,25,29,34H,4,7,10,13,16,19-20,23-24,26-28,30H2,1-3H3,(H,40,42)(H,41,44)(H,46,47)/b6-5-,9-8-,12-11-,15-14-,18-17-/t34-/m0/s1. The normalized spacial score (nSPS) is 12.5. The summed E-state index contributed by atoms with van der Waals surface area (Å²) in [5.74, 6) is -1.87. The number of carboxylic acid groups (broad SMARTS) is 1. The van der Waals surface area contributed by atoms with E-state index in [2.05, 4.69) is 88.0 Å². The number of carbonyl (C=O) groups excluding carboxylic acids is 4. The van der Waals surface area contributed by atoms with E-state index in [4.69, 9.17) is 14.0 Å². The largest absolute Gasteiger partial charge is 0.505 e. The van der Waals surface area contributed by atoms with Crippen LogP contribution in [0.4, 0.5) is 4.79 Å². The fraction of sp³-hybridized carbons (Fsp3) is 0.474. The quantitative estimate of drug-likeness (QED) is 0.0386. The number of rotatable bonds is 26. The van der Waals surface area contributed by atoms with Crippen LogP contribution < -0.4 is 10.6 Å². The highest BCUT2D eigenvalue weighted by Gasteiger charge is 2.40. The second-order valence-corrected chi connectivity index (χ2v) is 12.6. The Balaban J connectivity index is 2.21. The Kier molecular flexibility index (Phi) is 24.4. The first kappa shape index (κ1) is 44.4. The molecule has 1 heterocycles. The fourth-order valence-electron chi connectivity index (χ4n) is 4.14. The molecule has 1 atom stereocenters. The molecule has 0 aliphatic heterocycles. The lowest BCUT2D eigenvalue weighted by Crippen LogP contribution is -2.49. The van der Waals surface area contributed by atoms with Gasteiger partial charge in [-0.15, -0.1) is 0 Å². The van der Waals surface area contributed by atoms with E-state index >= 15 is 0 Å². The molecule has 0 saturated heterocycles. The van der Waals surface area contributed by atoms with Gasteiger partial charge in [-0.3, -0.25) is 19.4 Å². The van der Waals surface area contributed by atoms with E-state index in [1.165, 1.54) is 38.4 Å². The van der Waals surface area contributed by atoms with Gasteiger partial charge in [0.05, 0.1) is 17.6 Å². The highest BCUT2D eigenvalue weighted by molar-refractivity contribution is 7.95. The van der Waals surface area contributed by atoms with Crippen LogP contribution in [0.2, 0.25) is 0 Å². The smallest absolute Gasteiger partial charge is 0.450 e. The number of amides is 2. The molecular formula is C38H53N3O9S. The predicted octanol–water partition coefficient (Wildman–Crippen LogP) is 7.06. The molecule has 1 rings (SSSR count). The molecule has 2 amide bonds. The number of ether oxygens (including phenoxy) is 2. The van der Waals surface area contributed by atoms with Crippen LogP contribution in [0, 0.1) is 5.41 Å². The number of esters is 1. The number of allylic oxidation sites excluding steroid dienone is 10. The van der Waals surface area contributed by atoms with Gasteiger partial charge in [0.15, 0.2) is 6.10 Å². The Labute approximate surface area is 306 Å². The molecule has 12 nitrogen and oxygen atoms in total. The summed E-state index contributed by atoms with van der Waals surface area (Å²) in [5.41, 5.74) is -1.12. The highest BCUT2D eigenvalue weighted by atomic mass is 32.2. The summed E-state index contributed by atoms with van der Waals surface area (Å²) in [6, 6.07) is 2.99.